The summed E-state index contributed by atoms with van der Waals surface area (Å²) in [5.41, 5.74) is 4.17. The van der Waals surface area contributed by atoms with Crippen LogP contribution in [-0.2, 0) is 20.6 Å². The maximum atomic E-state index is 12.7. The maximum Gasteiger partial charge on any atom is 0.223 e. The van der Waals surface area contributed by atoms with Crippen molar-refractivity contribution in [2.24, 2.45) is 5.92 Å². The number of halogens is 1. The van der Waals surface area contributed by atoms with Crippen molar-refractivity contribution >= 4 is 27.5 Å². The largest absolute Gasteiger partial charge is 0.349 e. The molecular formula is C23H29ClN2O3S. The lowest BCUT2D eigenvalue weighted by Gasteiger charge is -2.31. The lowest BCUT2D eigenvalue weighted by atomic mass is 9.95. The van der Waals surface area contributed by atoms with Gasteiger partial charge in [-0.05, 0) is 62.4 Å². The zero-order chi connectivity index (χ0) is 21.9. The zero-order valence-electron chi connectivity index (χ0n) is 17.7. The monoisotopic (exact) mass is 448 g/mol. The molecule has 162 valence electrons. The third kappa shape index (κ3) is 5.62. The molecule has 1 heterocycles. The number of rotatable bonds is 6. The molecule has 2 aromatic carbocycles. The third-order valence-corrected chi connectivity index (χ3v) is 7.83. The molecular weight excluding hydrogens is 420 g/mol. The number of sulfonamides is 1. The minimum Gasteiger partial charge on any atom is -0.349 e. The van der Waals surface area contributed by atoms with E-state index >= 15 is 0 Å². The molecule has 1 amide bonds. The first-order valence-electron chi connectivity index (χ1n) is 10.3. The van der Waals surface area contributed by atoms with Gasteiger partial charge in [0.25, 0.3) is 0 Å². The SMILES string of the molecule is Cc1ccc([C@H](C)NC(=O)C2CCN(S(=O)(=O)Cc3ccc(Cl)cc3)CC2)c(C)c1. The van der Waals surface area contributed by atoms with E-state index in [0.717, 1.165) is 11.1 Å². The molecule has 0 spiro atoms. The minimum atomic E-state index is -3.42. The first kappa shape index (κ1) is 22.8. The summed E-state index contributed by atoms with van der Waals surface area (Å²) >= 11 is 5.87. The molecule has 0 aliphatic carbocycles. The molecule has 1 aliphatic heterocycles. The Hall–Kier alpha value is -1.89. The lowest BCUT2D eigenvalue weighted by Crippen LogP contribution is -2.43. The van der Waals surface area contributed by atoms with Crippen molar-refractivity contribution in [1.82, 2.24) is 9.62 Å². The Morgan fingerprint density at radius 2 is 1.77 bits per heavy atom. The number of hydrogen-bond acceptors (Lipinski definition) is 3. The number of nitrogens with one attached hydrogen (secondary N) is 1. The van der Waals surface area contributed by atoms with Crippen LogP contribution in [0.5, 0.6) is 0 Å². The van der Waals surface area contributed by atoms with E-state index in [1.807, 2.05) is 6.92 Å². The van der Waals surface area contributed by atoms with Gasteiger partial charge in [0.1, 0.15) is 0 Å². The van der Waals surface area contributed by atoms with Gasteiger partial charge in [0.15, 0.2) is 0 Å². The van der Waals surface area contributed by atoms with E-state index in [4.69, 9.17) is 11.6 Å². The molecule has 5 nitrogen and oxygen atoms in total. The fourth-order valence-corrected chi connectivity index (χ4v) is 5.69. The summed E-state index contributed by atoms with van der Waals surface area (Å²) in [6, 6.07) is 13.0. The van der Waals surface area contributed by atoms with Crippen molar-refractivity contribution in [1.29, 1.82) is 0 Å². The summed E-state index contributed by atoms with van der Waals surface area (Å²) in [7, 11) is -3.42. The fourth-order valence-electron chi connectivity index (χ4n) is 4.00. The highest BCUT2D eigenvalue weighted by molar-refractivity contribution is 7.88. The molecule has 7 heteroatoms. The lowest BCUT2D eigenvalue weighted by molar-refractivity contribution is -0.126. The second-order valence-corrected chi connectivity index (χ2v) is 10.6. The van der Waals surface area contributed by atoms with Crippen molar-refractivity contribution < 1.29 is 13.2 Å². The number of benzene rings is 2. The van der Waals surface area contributed by atoms with Crippen molar-refractivity contribution in [2.45, 2.75) is 45.4 Å². The van der Waals surface area contributed by atoms with Crippen molar-refractivity contribution in [3.63, 3.8) is 0 Å². The van der Waals surface area contributed by atoms with Gasteiger partial charge in [0.2, 0.25) is 15.9 Å². The van der Waals surface area contributed by atoms with Gasteiger partial charge in [0, 0.05) is 24.0 Å². The first-order valence-corrected chi connectivity index (χ1v) is 12.2. The maximum absolute atomic E-state index is 12.7. The van der Waals surface area contributed by atoms with Gasteiger partial charge in [-0.3, -0.25) is 4.79 Å². The summed E-state index contributed by atoms with van der Waals surface area (Å²) in [5, 5.41) is 3.69. The quantitative estimate of drug-likeness (QED) is 0.713. The molecule has 2 aromatic rings. The normalized spacial score (nSPS) is 16.9. The number of carbonyl (C=O) groups excluding carboxylic acids is 1. The molecule has 3 rings (SSSR count). The summed E-state index contributed by atoms with van der Waals surface area (Å²) in [4.78, 5) is 12.7. The zero-order valence-corrected chi connectivity index (χ0v) is 19.3. The standard InChI is InChI=1S/C23H29ClN2O3S/c1-16-4-9-22(17(2)14-16)18(3)25-23(27)20-10-12-26(13-11-20)30(28,29)15-19-5-7-21(24)8-6-19/h4-9,14,18,20H,10-13,15H2,1-3H3,(H,25,27)/t18-/m0/s1. The van der Waals surface area contributed by atoms with E-state index < -0.39 is 10.0 Å². The molecule has 0 bridgehead atoms. The topological polar surface area (TPSA) is 66.5 Å². The molecule has 0 saturated carbocycles. The van der Waals surface area contributed by atoms with Crippen LogP contribution in [0.25, 0.3) is 0 Å². The summed E-state index contributed by atoms with van der Waals surface area (Å²) in [5.74, 6) is -0.220. The van der Waals surface area contributed by atoms with Crippen LogP contribution in [0.2, 0.25) is 5.02 Å². The van der Waals surface area contributed by atoms with Crippen LogP contribution in [0.1, 0.15) is 48.1 Å². The summed E-state index contributed by atoms with van der Waals surface area (Å²) < 4.78 is 27.0. The minimum absolute atomic E-state index is 0.00257. The molecule has 1 N–H and O–H groups in total. The number of amides is 1. The van der Waals surface area contributed by atoms with E-state index in [0.29, 0.717) is 36.5 Å². The molecule has 0 aromatic heterocycles. The van der Waals surface area contributed by atoms with Crippen LogP contribution < -0.4 is 5.32 Å². The Labute approximate surface area is 184 Å². The van der Waals surface area contributed by atoms with E-state index in [2.05, 4.69) is 37.4 Å². The van der Waals surface area contributed by atoms with Crippen molar-refractivity contribution in [2.75, 3.05) is 13.1 Å². The highest BCUT2D eigenvalue weighted by Crippen LogP contribution is 2.24. The Balaban J connectivity index is 1.55. The Kier molecular flexibility index (Phi) is 7.22. The number of hydrogen-bond donors (Lipinski definition) is 1. The number of piperidine rings is 1. The second-order valence-electron chi connectivity index (χ2n) is 8.15. The summed E-state index contributed by atoms with van der Waals surface area (Å²) in [6.45, 7) is 6.82. The van der Waals surface area contributed by atoms with Crippen LogP contribution in [0.4, 0.5) is 0 Å². The third-order valence-electron chi connectivity index (χ3n) is 5.73. The molecule has 30 heavy (non-hydrogen) atoms. The molecule has 0 unspecified atom stereocenters. The van der Waals surface area contributed by atoms with Crippen LogP contribution in [0, 0.1) is 19.8 Å². The van der Waals surface area contributed by atoms with E-state index in [-0.39, 0.29) is 23.6 Å². The fraction of sp³-hybridized carbons (Fsp3) is 0.435. The summed E-state index contributed by atoms with van der Waals surface area (Å²) in [6.07, 6.45) is 1.07. The number of carbonyl (C=O) groups is 1. The Bertz CT molecular complexity index is 998. The molecule has 1 aliphatic rings. The smallest absolute Gasteiger partial charge is 0.223 e. The number of aryl methyl sites for hydroxylation is 2. The highest BCUT2D eigenvalue weighted by atomic mass is 35.5. The van der Waals surface area contributed by atoms with E-state index in [1.165, 1.54) is 9.87 Å². The molecule has 1 fully saturated rings. The predicted octanol–water partition coefficient (Wildman–Crippen LogP) is 4.38. The predicted molar refractivity (Wildman–Crippen MR) is 121 cm³/mol. The van der Waals surface area contributed by atoms with Crippen molar-refractivity contribution in [3.8, 4) is 0 Å². The second kappa shape index (κ2) is 9.50. The van der Waals surface area contributed by atoms with Crippen molar-refractivity contribution in [3.05, 3.63) is 69.7 Å². The van der Waals surface area contributed by atoms with Gasteiger partial charge in [-0.1, -0.05) is 47.5 Å². The van der Waals surface area contributed by atoms with Gasteiger partial charge in [-0.25, -0.2) is 12.7 Å². The van der Waals surface area contributed by atoms with Crippen LogP contribution in [0.15, 0.2) is 42.5 Å². The van der Waals surface area contributed by atoms with E-state index in [9.17, 15) is 13.2 Å². The average molecular weight is 449 g/mol. The molecule has 1 atom stereocenters. The Morgan fingerprint density at radius 1 is 1.13 bits per heavy atom. The van der Waals surface area contributed by atoms with Gasteiger partial charge in [-0.2, -0.15) is 0 Å². The van der Waals surface area contributed by atoms with Crippen LogP contribution in [-0.4, -0.2) is 31.7 Å². The number of nitrogens with zero attached hydrogens (tertiary/aromatic N) is 1. The van der Waals surface area contributed by atoms with Gasteiger partial charge in [-0.15, -0.1) is 0 Å². The van der Waals surface area contributed by atoms with Gasteiger partial charge in [0.05, 0.1) is 11.8 Å². The van der Waals surface area contributed by atoms with Crippen LogP contribution in [0.3, 0.4) is 0 Å². The average Bonchev–Trinajstić information content (AvgIpc) is 2.69. The highest BCUT2D eigenvalue weighted by Gasteiger charge is 2.31. The molecule has 0 radical (unpaired) electrons. The molecule has 1 saturated heterocycles. The Morgan fingerprint density at radius 3 is 2.37 bits per heavy atom. The first-order chi connectivity index (χ1) is 14.2. The van der Waals surface area contributed by atoms with Gasteiger partial charge >= 0.3 is 0 Å². The van der Waals surface area contributed by atoms with Crippen LogP contribution >= 0.6 is 11.6 Å². The van der Waals surface area contributed by atoms with E-state index in [1.54, 1.807) is 24.3 Å². The van der Waals surface area contributed by atoms with Gasteiger partial charge < -0.3 is 5.32 Å².